The minimum atomic E-state index is -1.56. The van der Waals surface area contributed by atoms with E-state index in [0.717, 1.165) is 0 Å². The second kappa shape index (κ2) is 5.53. The fraction of sp³-hybridized carbons (Fsp3) is 1.00. The van der Waals surface area contributed by atoms with Gasteiger partial charge in [-0.25, -0.2) is 0 Å². The summed E-state index contributed by atoms with van der Waals surface area (Å²) < 4.78 is 0. The van der Waals surface area contributed by atoms with Crippen LogP contribution in [-0.2, 0) is 0 Å². The van der Waals surface area contributed by atoms with E-state index >= 15 is 0 Å². The third-order valence-corrected chi connectivity index (χ3v) is 1.18. The van der Waals surface area contributed by atoms with E-state index in [0.29, 0.717) is 0 Å². The Morgan fingerprint density at radius 3 is 2.00 bits per heavy atom. The summed E-state index contributed by atoms with van der Waals surface area (Å²) in [7, 11) is 1.41. The first-order chi connectivity index (χ1) is 6.24. The molecule has 1 N–H and O–H groups in total. The van der Waals surface area contributed by atoms with Gasteiger partial charge in [-0.2, -0.15) is 0 Å². The Balaban J connectivity index is 4.94. The van der Waals surface area contributed by atoms with Gasteiger partial charge in [-0.3, -0.25) is 0 Å². The molecule has 10 nitrogen and oxygen atoms in total. The van der Waals surface area contributed by atoms with E-state index < -0.39 is 5.79 Å². The van der Waals surface area contributed by atoms with Crippen LogP contribution < -0.4 is 5.32 Å². The highest BCUT2D eigenvalue weighted by Crippen LogP contribution is 2.09. The molecule has 0 bridgehead atoms. The monoisotopic (exact) mass is 182 g/mol. The molecular weight excluding hydrogens is 176 g/mol. The second-order valence-electron chi connectivity index (χ2n) is 1.83. The molecule has 0 fully saturated rings. The highest BCUT2D eigenvalue weighted by Gasteiger charge is 2.23. The zero-order valence-electron chi connectivity index (χ0n) is 6.73. The van der Waals surface area contributed by atoms with Crippen molar-refractivity contribution in [2.45, 2.75) is 5.79 Å². The first kappa shape index (κ1) is 10.9. The largest absolute Gasteiger partial charge is 0.304 e. The molecule has 13 heavy (non-hydrogen) atoms. The van der Waals surface area contributed by atoms with Crippen LogP contribution in [0.3, 0.4) is 0 Å². The van der Waals surface area contributed by atoms with Crippen LogP contribution in [-0.4, -0.2) is 19.4 Å². The molecule has 68 valence electrons. The molecule has 0 saturated heterocycles. The molecule has 0 aromatic heterocycles. The smallest absolute Gasteiger partial charge is 0.182 e. The summed E-state index contributed by atoms with van der Waals surface area (Å²) in [5.74, 6) is -1.56. The number of nitrogens with zero attached hydrogens (tertiary/aromatic N) is 9. The van der Waals surface area contributed by atoms with Crippen molar-refractivity contribution in [1.29, 1.82) is 0 Å². The van der Waals surface area contributed by atoms with Crippen LogP contribution in [0.25, 0.3) is 31.3 Å². The van der Waals surface area contributed by atoms with Crippen molar-refractivity contribution >= 4 is 0 Å². The van der Waals surface area contributed by atoms with Gasteiger partial charge in [0.05, 0.1) is 6.54 Å². The lowest BCUT2D eigenvalue weighted by atomic mass is 10.4. The van der Waals surface area contributed by atoms with Crippen LogP contribution in [0, 0.1) is 0 Å². The Labute approximate surface area is 72.4 Å². The van der Waals surface area contributed by atoms with Crippen molar-refractivity contribution in [2.75, 3.05) is 13.6 Å². The number of nitrogens with one attached hydrogen (secondary N) is 1. The van der Waals surface area contributed by atoms with E-state index in [-0.39, 0.29) is 6.54 Å². The average Bonchev–Trinajstić information content (AvgIpc) is 2.15. The van der Waals surface area contributed by atoms with Gasteiger partial charge in [-0.15, -0.1) is 0 Å². The van der Waals surface area contributed by atoms with Crippen LogP contribution in [0.2, 0.25) is 0 Å². The molecule has 0 aliphatic carbocycles. The molecule has 0 aromatic carbocycles. The minimum absolute atomic E-state index is 0.284. The number of likely N-dealkylation sites (N-methyl/N-ethyl adjacent to an activating group) is 1. The summed E-state index contributed by atoms with van der Waals surface area (Å²) in [4.78, 5) is 7.38. The Morgan fingerprint density at radius 2 is 1.69 bits per heavy atom. The Morgan fingerprint density at radius 1 is 1.15 bits per heavy atom. The third-order valence-electron chi connectivity index (χ3n) is 1.18. The lowest BCUT2D eigenvalue weighted by molar-refractivity contribution is 0.385. The van der Waals surface area contributed by atoms with E-state index in [2.05, 4.69) is 35.4 Å². The van der Waals surface area contributed by atoms with Gasteiger partial charge >= 0.3 is 0 Å². The molecule has 0 rings (SSSR count). The van der Waals surface area contributed by atoms with Crippen molar-refractivity contribution in [1.82, 2.24) is 5.32 Å². The zero-order chi connectivity index (χ0) is 10.2. The quantitative estimate of drug-likeness (QED) is 0.383. The van der Waals surface area contributed by atoms with Gasteiger partial charge in [0.2, 0.25) is 0 Å². The van der Waals surface area contributed by atoms with Gasteiger partial charge in [-0.05, 0) is 23.6 Å². The highest BCUT2D eigenvalue weighted by molar-refractivity contribution is 4.84. The highest BCUT2D eigenvalue weighted by atomic mass is 15.4. The molecule has 0 aromatic rings. The molecule has 0 aliphatic rings. The van der Waals surface area contributed by atoms with Crippen LogP contribution >= 0.6 is 0 Å². The van der Waals surface area contributed by atoms with Gasteiger partial charge in [0.15, 0.2) is 5.79 Å². The number of hydrogen-bond acceptors (Lipinski definition) is 4. The summed E-state index contributed by atoms with van der Waals surface area (Å²) in [6, 6.07) is 0. The van der Waals surface area contributed by atoms with E-state index in [4.69, 9.17) is 16.6 Å². The fourth-order valence-corrected chi connectivity index (χ4v) is 0.540. The normalized spacial score (nSPS) is 12.7. The zero-order valence-corrected chi connectivity index (χ0v) is 6.73. The summed E-state index contributed by atoms with van der Waals surface area (Å²) >= 11 is 0. The molecule has 0 unspecified atom stereocenters. The maximum Gasteiger partial charge on any atom is 0.182 e. The van der Waals surface area contributed by atoms with E-state index in [1.165, 1.54) is 7.05 Å². The van der Waals surface area contributed by atoms with E-state index in [1.54, 1.807) is 0 Å². The molecule has 10 heteroatoms. The molecular formula is C3H6N10. The first-order valence-electron chi connectivity index (χ1n) is 3.07. The predicted octanol–water partition coefficient (Wildman–Crippen LogP) is 1.79. The van der Waals surface area contributed by atoms with Crippen LogP contribution in [0.4, 0.5) is 0 Å². The Hall–Kier alpha value is -2.11. The van der Waals surface area contributed by atoms with Crippen LogP contribution in [0.1, 0.15) is 0 Å². The average molecular weight is 182 g/mol. The van der Waals surface area contributed by atoms with E-state index in [1.807, 2.05) is 0 Å². The van der Waals surface area contributed by atoms with E-state index in [9.17, 15) is 0 Å². The summed E-state index contributed by atoms with van der Waals surface area (Å²) in [5, 5.41) is 12.0. The van der Waals surface area contributed by atoms with Gasteiger partial charge in [0.1, 0.15) is 0 Å². The maximum absolute atomic E-state index is 8.16. The van der Waals surface area contributed by atoms with Gasteiger partial charge in [0, 0.05) is 14.7 Å². The fourth-order valence-electron chi connectivity index (χ4n) is 0.540. The Bertz CT molecular complexity index is 280. The minimum Gasteiger partial charge on any atom is -0.304 e. The summed E-state index contributed by atoms with van der Waals surface area (Å²) in [5.41, 5.74) is 24.3. The van der Waals surface area contributed by atoms with Gasteiger partial charge in [0.25, 0.3) is 0 Å². The molecule has 0 radical (unpaired) electrons. The molecule has 0 spiro atoms. The number of azide groups is 2. The summed E-state index contributed by atoms with van der Waals surface area (Å²) in [6.07, 6.45) is 0. The maximum atomic E-state index is 8.16. The molecule has 0 atom stereocenters. The number of hydrogen-bond donors (Lipinski definition) is 1. The molecule has 0 saturated carbocycles. The topological polar surface area (TPSA) is 158 Å². The van der Waals surface area contributed by atoms with Crippen molar-refractivity contribution in [2.24, 2.45) is 15.3 Å². The molecule has 0 heterocycles. The number of rotatable bonds is 5. The Kier molecular flexibility index (Phi) is 4.63. The lowest BCUT2D eigenvalue weighted by Gasteiger charge is -2.18. The molecule has 0 amide bonds. The van der Waals surface area contributed by atoms with Crippen LogP contribution in [0.15, 0.2) is 15.3 Å². The third kappa shape index (κ3) is 3.19. The van der Waals surface area contributed by atoms with Gasteiger partial charge < -0.3 is 5.32 Å². The van der Waals surface area contributed by atoms with Crippen molar-refractivity contribution in [3.8, 4) is 0 Å². The second-order valence-corrected chi connectivity index (χ2v) is 1.83. The standard InChI is InChI=1S/C3H6N10/c1-7-3(9-12-5,10-13-6)2-8-11-4/h7H,2H2,1H3. The summed E-state index contributed by atoms with van der Waals surface area (Å²) in [6.45, 7) is -0.284. The SMILES string of the molecule is CNC(CN=[N+]=[N-])(N=[N+]=[N-])N=[N+]=[N-]. The lowest BCUT2D eigenvalue weighted by Crippen LogP contribution is -2.41. The van der Waals surface area contributed by atoms with Crippen LogP contribution in [0.5, 0.6) is 0 Å². The van der Waals surface area contributed by atoms with Crippen molar-refractivity contribution in [3.63, 3.8) is 0 Å². The first-order valence-corrected chi connectivity index (χ1v) is 3.07. The van der Waals surface area contributed by atoms with Crippen molar-refractivity contribution < 1.29 is 0 Å². The predicted molar refractivity (Wildman–Crippen MR) is 44.1 cm³/mol. The van der Waals surface area contributed by atoms with Crippen molar-refractivity contribution in [3.05, 3.63) is 31.3 Å². The molecule has 0 aliphatic heterocycles. The van der Waals surface area contributed by atoms with Gasteiger partial charge in [-0.1, -0.05) is 15.3 Å².